The third-order valence-electron chi connectivity index (χ3n) is 5.67. The highest BCUT2D eigenvalue weighted by atomic mass is 32.1. The number of anilines is 1. The van der Waals surface area contributed by atoms with Crippen molar-refractivity contribution < 1.29 is 24.2 Å². The second kappa shape index (κ2) is 11.5. The first kappa shape index (κ1) is 27.5. The van der Waals surface area contributed by atoms with E-state index in [0.717, 1.165) is 21.5 Å². The number of benzene rings is 1. The highest BCUT2D eigenvalue weighted by Gasteiger charge is 2.28. The van der Waals surface area contributed by atoms with Gasteiger partial charge in [-0.05, 0) is 50.6 Å². The number of carboxylic acids is 1. The number of carbonyl (C=O) groups excluding carboxylic acids is 2. The lowest BCUT2D eigenvalue weighted by molar-refractivity contribution is -0.157. The fourth-order valence-electron chi connectivity index (χ4n) is 3.83. The van der Waals surface area contributed by atoms with Crippen molar-refractivity contribution in [2.75, 3.05) is 24.5 Å². The molecule has 0 bridgehead atoms. The van der Waals surface area contributed by atoms with Crippen molar-refractivity contribution in [2.45, 2.75) is 26.4 Å². The topological polar surface area (TPSA) is 174 Å². The predicted octanol–water partition coefficient (Wildman–Crippen LogP) is 3.17. The van der Waals surface area contributed by atoms with Gasteiger partial charge in [0, 0.05) is 36.3 Å². The minimum Gasteiger partial charge on any atom is -0.480 e. The van der Waals surface area contributed by atoms with Crippen molar-refractivity contribution in [3.63, 3.8) is 0 Å². The molecule has 13 heteroatoms. The van der Waals surface area contributed by atoms with E-state index in [1.165, 1.54) is 16.2 Å². The molecule has 39 heavy (non-hydrogen) atoms. The molecular weight excluding hydrogens is 522 g/mol. The van der Waals surface area contributed by atoms with Crippen molar-refractivity contribution in [2.24, 2.45) is 5.73 Å². The summed E-state index contributed by atoms with van der Waals surface area (Å²) in [5.41, 5.74) is 8.12. The Balaban J connectivity index is 1.67. The van der Waals surface area contributed by atoms with E-state index in [1.807, 2.05) is 37.3 Å². The van der Waals surface area contributed by atoms with Crippen molar-refractivity contribution in [1.82, 2.24) is 25.3 Å². The van der Waals surface area contributed by atoms with Crippen LogP contribution in [-0.4, -0.2) is 62.6 Å². The van der Waals surface area contributed by atoms with Crippen molar-refractivity contribution >= 4 is 44.7 Å². The predicted molar refractivity (Wildman–Crippen MR) is 146 cm³/mol. The molecule has 0 aliphatic heterocycles. The smallest absolute Gasteiger partial charge is 0.321 e. The number of pyridine rings is 1. The second-order valence-corrected chi connectivity index (χ2v) is 9.92. The van der Waals surface area contributed by atoms with E-state index in [1.54, 1.807) is 32.4 Å². The molecule has 1 aromatic carbocycles. The van der Waals surface area contributed by atoms with Gasteiger partial charge in [-0.25, -0.2) is 19.7 Å². The summed E-state index contributed by atoms with van der Waals surface area (Å²) < 4.78 is 6.32. The largest absolute Gasteiger partial charge is 0.480 e. The summed E-state index contributed by atoms with van der Waals surface area (Å²) in [5, 5.41) is 11.7. The first-order valence-corrected chi connectivity index (χ1v) is 12.8. The van der Waals surface area contributed by atoms with Gasteiger partial charge < -0.3 is 15.6 Å². The molecule has 4 aromatic rings. The molecule has 0 saturated carbocycles. The highest BCUT2D eigenvalue weighted by Crippen LogP contribution is 2.39. The molecule has 4 N–H and O–H groups in total. The van der Waals surface area contributed by atoms with Crippen LogP contribution in [0, 0.1) is 0 Å². The molecule has 3 aromatic heterocycles. The number of primary amides is 1. The Kier molecular flexibility index (Phi) is 8.12. The Morgan fingerprint density at radius 3 is 2.46 bits per heavy atom. The van der Waals surface area contributed by atoms with Crippen LogP contribution >= 0.6 is 11.3 Å². The Bertz CT molecular complexity index is 1510. The van der Waals surface area contributed by atoms with Gasteiger partial charge in [-0.1, -0.05) is 17.4 Å². The van der Waals surface area contributed by atoms with Crippen molar-refractivity contribution in [1.29, 1.82) is 0 Å². The number of hydrogen-bond acceptors (Lipinski definition) is 10. The van der Waals surface area contributed by atoms with E-state index in [4.69, 9.17) is 15.6 Å². The summed E-state index contributed by atoms with van der Waals surface area (Å²) in [5.74, 6) is -1.43. The van der Waals surface area contributed by atoms with E-state index in [2.05, 4.69) is 25.3 Å². The Morgan fingerprint density at radius 2 is 1.85 bits per heavy atom. The van der Waals surface area contributed by atoms with Crippen LogP contribution in [0.2, 0.25) is 0 Å². The van der Waals surface area contributed by atoms with Gasteiger partial charge in [0.05, 0.1) is 29.0 Å². The van der Waals surface area contributed by atoms with Crippen molar-refractivity contribution in [3.8, 4) is 22.4 Å². The van der Waals surface area contributed by atoms with Gasteiger partial charge in [-0.3, -0.25) is 24.8 Å². The van der Waals surface area contributed by atoms with E-state index < -0.39 is 23.6 Å². The number of nitrogens with zero attached hydrogens (tertiary/aromatic N) is 5. The third kappa shape index (κ3) is 6.33. The number of carboxylic acid groups (broad SMARTS) is 1. The quantitative estimate of drug-likeness (QED) is 0.249. The molecule has 12 nitrogen and oxygen atoms in total. The maximum Gasteiger partial charge on any atom is 0.321 e. The van der Waals surface area contributed by atoms with Gasteiger partial charge in [0.15, 0.2) is 16.6 Å². The van der Waals surface area contributed by atoms with Crippen molar-refractivity contribution in [3.05, 3.63) is 54.7 Å². The van der Waals surface area contributed by atoms with Gasteiger partial charge in [-0.2, -0.15) is 0 Å². The first-order valence-electron chi connectivity index (χ1n) is 12.0. The summed E-state index contributed by atoms with van der Waals surface area (Å²) in [4.78, 5) is 54.2. The molecule has 2 amide bonds. The van der Waals surface area contributed by atoms with Gasteiger partial charge in [0.2, 0.25) is 0 Å². The molecule has 3 heterocycles. The molecule has 0 aliphatic carbocycles. The number of aromatic nitrogens is 4. The molecule has 0 spiro atoms. The summed E-state index contributed by atoms with van der Waals surface area (Å²) in [6.07, 6.45) is 4.95. The molecule has 4 rings (SSSR count). The summed E-state index contributed by atoms with van der Waals surface area (Å²) in [6, 6.07) is 8.88. The van der Waals surface area contributed by atoms with Crippen LogP contribution in [0.1, 0.15) is 26.6 Å². The molecule has 0 atom stereocenters. The Labute approximate surface area is 227 Å². The van der Waals surface area contributed by atoms with E-state index >= 15 is 0 Å². The zero-order valence-corrected chi connectivity index (χ0v) is 22.4. The molecule has 0 saturated heterocycles. The molecular formula is C26H27N7O5S. The van der Waals surface area contributed by atoms with Crippen LogP contribution in [0.5, 0.6) is 0 Å². The number of urea groups is 1. The number of aliphatic carboxylic acids is 1. The number of nitrogens with two attached hydrogens (primary N) is 1. The van der Waals surface area contributed by atoms with Gasteiger partial charge >= 0.3 is 18.0 Å². The maximum absolute atomic E-state index is 12.1. The number of hydrogen-bond donors (Lipinski definition) is 3. The summed E-state index contributed by atoms with van der Waals surface area (Å²) in [6.45, 7) is 4.89. The van der Waals surface area contributed by atoms with Crippen LogP contribution in [-0.2, 0) is 19.9 Å². The fraction of sp³-hybridized carbons (Fsp3) is 0.269. The van der Waals surface area contributed by atoms with Crippen LogP contribution in [0.3, 0.4) is 0 Å². The van der Waals surface area contributed by atoms with Gasteiger partial charge in [-0.15, -0.1) is 0 Å². The van der Waals surface area contributed by atoms with E-state index in [-0.39, 0.29) is 18.9 Å². The summed E-state index contributed by atoms with van der Waals surface area (Å²) >= 11 is 1.36. The minimum atomic E-state index is -1.15. The monoisotopic (exact) mass is 549 g/mol. The molecule has 0 aliphatic rings. The molecule has 202 valence electrons. The Hall–Kier alpha value is -4.49. The number of carbonyl (C=O) groups is 3. The highest BCUT2D eigenvalue weighted by molar-refractivity contribution is 7.23. The number of thiazole rings is 1. The maximum atomic E-state index is 12.1. The lowest BCUT2D eigenvalue weighted by Gasteiger charge is -2.23. The number of rotatable bonds is 10. The summed E-state index contributed by atoms with van der Waals surface area (Å²) in [7, 11) is 0. The zero-order valence-electron chi connectivity index (χ0n) is 21.5. The van der Waals surface area contributed by atoms with Crippen LogP contribution in [0.15, 0.2) is 48.9 Å². The standard InChI is InChI=1S/C26H27N7O5S/c1-4-33(24(27)37)25-32-19-10-15(9-17(22(19)39-25)18-7-5-6-8-29-18)16-11-30-23(31-12-16)26(2,3)38-21(36)14-28-13-20(34)35/h5-12,28H,4,13-14H2,1-3H3,(H2,27,37)(H,34,35). The van der Waals surface area contributed by atoms with Gasteiger partial charge in [0.25, 0.3) is 0 Å². The van der Waals surface area contributed by atoms with E-state index in [9.17, 15) is 14.4 Å². The van der Waals surface area contributed by atoms with Gasteiger partial charge in [0.1, 0.15) is 0 Å². The number of fused-ring (bicyclic) bond motifs is 1. The minimum absolute atomic E-state index is 0.259. The number of amides is 2. The third-order valence-corrected chi connectivity index (χ3v) is 6.80. The first-order chi connectivity index (χ1) is 18.6. The van der Waals surface area contributed by atoms with Crippen LogP contribution in [0.4, 0.5) is 9.93 Å². The SMILES string of the molecule is CCN(C(N)=O)c1nc2cc(-c3cnc(C(C)(C)OC(=O)CNCC(=O)O)nc3)cc(-c3ccccn3)c2s1. The molecule has 0 fully saturated rings. The Morgan fingerprint density at radius 1 is 1.10 bits per heavy atom. The second-order valence-electron chi connectivity index (χ2n) is 8.94. The lowest BCUT2D eigenvalue weighted by atomic mass is 10.0. The average Bonchev–Trinajstić information content (AvgIpc) is 3.32. The van der Waals surface area contributed by atoms with Crippen LogP contribution in [0.25, 0.3) is 32.6 Å². The molecule has 0 radical (unpaired) electrons. The zero-order chi connectivity index (χ0) is 28.2. The van der Waals surface area contributed by atoms with E-state index in [0.29, 0.717) is 22.8 Å². The number of nitrogens with one attached hydrogen (secondary N) is 1. The average molecular weight is 550 g/mol. The number of esters is 1. The normalized spacial score (nSPS) is 11.4. The fourth-order valence-corrected chi connectivity index (χ4v) is 4.97. The van der Waals surface area contributed by atoms with Crippen LogP contribution < -0.4 is 16.0 Å². The number of ether oxygens (including phenoxy) is 1. The molecule has 0 unspecified atom stereocenters. The lowest BCUT2D eigenvalue weighted by Crippen LogP contribution is -2.35.